The zero-order valence-corrected chi connectivity index (χ0v) is 24.3. The van der Waals surface area contributed by atoms with Crippen molar-refractivity contribution in [1.82, 2.24) is 35.2 Å². The second-order valence-electron chi connectivity index (χ2n) is 11.5. The zero-order chi connectivity index (χ0) is 29.2. The van der Waals surface area contributed by atoms with E-state index < -0.39 is 5.54 Å². The summed E-state index contributed by atoms with van der Waals surface area (Å²) in [6.07, 6.45) is 8.05. The molecule has 1 aromatic heterocycles. The van der Waals surface area contributed by atoms with Crippen LogP contribution in [0.1, 0.15) is 69.9 Å². The van der Waals surface area contributed by atoms with Crippen LogP contribution in [0.3, 0.4) is 0 Å². The molecule has 0 radical (unpaired) electrons. The molecule has 2 heterocycles. The second-order valence-corrected chi connectivity index (χ2v) is 11.5. The van der Waals surface area contributed by atoms with Crippen LogP contribution in [0.5, 0.6) is 0 Å². The molecule has 2 aliphatic rings. The van der Waals surface area contributed by atoms with Crippen molar-refractivity contribution in [3.05, 3.63) is 48.0 Å². The molecule has 1 aliphatic carbocycles. The van der Waals surface area contributed by atoms with Crippen LogP contribution < -0.4 is 10.6 Å². The lowest BCUT2D eigenvalue weighted by Crippen LogP contribution is -2.60. The Bertz CT molecular complexity index is 1200. The maximum atomic E-state index is 13.7. The highest BCUT2D eigenvalue weighted by molar-refractivity contribution is 5.95. The third-order valence-corrected chi connectivity index (χ3v) is 7.94. The minimum Gasteiger partial charge on any atom is -0.354 e. The molecule has 1 spiro atoms. The molecule has 2 N–H and O–H groups in total. The maximum absolute atomic E-state index is 13.7. The number of benzene rings is 1. The molecule has 2 aromatic rings. The van der Waals surface area contributed by atoms with Gasteiger partial charge >= 0.3 is 0 Å². The van der Waals surface area contributed by atoms with E-state index >= 15 is 0 Å². The van der Waals surface area contributed by atoms with Crippen molar-refractivity contribution in [2.75, 3.05) is 32.7 Å². The van der Waals surface area contributed by atoms with Crippen molar-refractivity contribution in [2.45, 2.75) is 77.3 Å². The summed E-state index contributed by atoms with van der Waals surface area (Å²) in [4.78, 5) is 61.1. The Morgan fingerprint density at radius 3 is 2.68 bits per heavy atom. The lowest BCUT2D eigenvalue weighted by molar-refractivity contribution is -0.143. The van der Waals surface area contributed by atoms with Crippen molar-refractivity contribution in [3.8, 4) is 0 Å². The van der Waals surface area contributed by atoms with E-state index in [9.17, 15) is 19.2 Å². The number of aryl methyl sites for hydroxylation is 2. The Morgan fingerprint density at radius 2 is 1.90 bits per heavy atom. The van der Waals surface area contributed by atoms with Gasteiger partial charge in [-0.2, -0.15) is 5.10 Å². The van der Waals surface area contributed by atoms with E-state index in [1.165, 1.54) is 11.2 Å². The van der Waals surface area contributed by atoms with Crippen molar-refractivity contribution in [1.29, 1.82) is 0 Å². The number of carbonyl (C=O) groups is 4. The van der Waals surface area contributed by atoms with Crippen molar-refractivity contribution in [2.24, 2.45) is 5.92 Å². The van der Waals surface area contributed by atoms with Gasteiger partial charge in [-0.05, 0) is 62.0 Å². The van der Waals surface area contributed by atoms with Gasteiger partial charge in [0, 0.05) is 32.6 Å². The molecule has 222 valence electrons. The van der Waals surface area contributed by atoms with Gasteiger partial charge in [0.1, 0.15) is 18.2 Å². The van der Waals surface area contributed by atoms with E-state index in [0.29, 0.717) is 57.8 Å². The normalized spacial score (nSPS) is 20.9. The molecule has 0 saturated carbocycles. The molecule has 1 saturated heterocycles. The molecule has 0 bridgehead atoms. The molecule has 1 atom stereocenters. The van der Waals surface area contributed by atoms with Crippen LogP contribution >= 0.6 is 0 Å². The van der Waals surface area contributed by atoms with Gasteiger partial charge < -0.3 is 20.4 Å². The Balaban J connectivity index is 1.53. The Hall–Kier alpha value is -3.76. The lowest BCUT2D eigenvalue weighted by atomic mass is 9.75. The summed E-state index contributed by atoms with van der Waals surface area (Å²) >= 11 is 0. The summed E-state index contributed by atoms with van der Waals surface area (Å²) in [6.45, 7) is 5.67. The first-order chi connectivity index (χ1) is 19.8. The lowest BCUT2D eigenvalue weighted by Gasteiger charge is -2.39. The first kappa shape index (κ1) is 30.2. The van der Waals surface area contributed by atoms with Crippen LogP contribution in [0.4, 0.5) is 0 Å². The summed E-state index contributed by atoms with van der Waals surface area (Å²) in [5.74, 6) is -0.644. The van der Waals surface area contributed by atoms with Crippen molar-refractivity contribution in [3.63, 3.8) is 0 Å². The Kier molecular flexibility index (Phi) is 10.5. The molecule has 4 rings (SSSR count). The van der Waals surface area contributed by atoms with Gasteiger partial charge in [0.25, 0.3) is 0 Å². The Morgan fingerprint density at radius 1 is 1.07 bits per heavy atom. The van der Waals surface area contributed by atoms with Crippen LogP contribution in [0.2, 0.25) is 0 Å². The smallest absolute Gasteiger partial charge is 0.250 e. The first-order valence-electron chi connectivity index (χ1n) is 14.8. The van der Waals surface area contributed by atoms with Gasteiger partial charge in [-0.1, -0.05) is 38.1 Å². The van der Waals surface area contributed by atoms with Gasteiger partial charge in [-0.3, -0.25) is 23.9 Å². The molecule has 4 amide bonds. The van der Waals surface area contributed by atoms with Crippen LogP contribution in [0.25, 0.3) is 0 Å². The number of hydrogen-bond acceptors (Lipinski definition) is 6. The number of nitrogens with one attached hydrogen (secondary N) is 2. The van der Waals surface area contributed by atoms with Crippen LogP contribution in [-0.4, -0.2) is 80.9 Å². The van der Waals surface area contributed by atoms with Gasteiger partial charge in [0.05, 0.1) is 13.1 Å². The van der Waals surface area contributed by atoms with Crippen molar-refractivity contribution >= 4 is 23.6 Å². The van der Waals surface area contributed by atoms with Crippen LogP contribution in [0.15, 0.2) is 36.9 Å². The quantitative estimate of drug-likeness (QED) is 0.529. The molecule has 1 fully saturated rings. The zero-order valence-electron chi connectivity index (χ0n) is 24.3. The first-order valence-corrected chi connectivity index (χ1v) is 14.8. The van der Waals surface area contributed by atoms with E-state index in [1.807, 2.05) is 24.3 Å². The summed E-state index contributed by atoms with van der Waals surface area (Å²) < 4.78 is 1.67. The molecule has 11 nitrogen and oxygen atoms in total. The highest BCUT2D eigenvalue weighted by atomic mass is 16.2. The number of aromatic nitrogens is 3. The molecule has 1 aromatic carbocycles. The predicted octanol–water partition coefficient (Wildman–Crippen LogP) is 2.02. The molecule has 11 heteroatoms. The van der Waals surface area contributed by atoms with E-state index in [0.717, 1.165) is 30.4 Å². The van der Waals surface area contributed by atoms with E-state index in [2.05, 4.69) is 34.6 Å². The standard InChI is InChI=1S/C30H43N7O4/c1-23(2)13-18-36-19-26(38)34-30(14-7-10-24-9-3-4-11-25(24)30)29(41)32-15-5-6-16-35(20-28(36)40)27(39)12-8-17-37-22-31-21-33-37/h3-4,9,11,21-23H,5-8,10,12-20H2,1-2H3,(H,32,41)(H,34,38). The number of hydrogen-bond donors (Lipinski definition) is 2. The highest BCUT2D eigenvalue weighted by Crippen LogP contribution is 2.36. The second kappa shape index (κ2) is 14.2. The largest absolute Gasteiger partial charge is 0.354 e. The topological polar surface area (TPSA) is 130 Å². The number of carbonyl (C=O) groups excluding carboxylic acids is 4. The number of rotatable bonds is 7. The molecule has 41 heavy (non-hydrogen) atoms. The molecule has 1 unspecified atom stereocenters. The fraction of sp³-hybridized carbons (Fsp3) is 0.600. The number of amides is 4. The third-order valence-electron chi connectivity index (χ3n) is 7.94. The van der Waals surface area contributed by atoms with E-state index in [-0.39, 0.29) is 43.1 Å². The van der Waals surface area contributed by atoms with Crippen molar-refractivity contribution < 1.29 is 19.2 Å². The minimum atomic E-state index is -1.17. The third kappa shape index (κ3) is 7.92. The monoisotopic (exact) mass is 565 g/mol. The average Bonchev–Trinajstić information content (AvgIpc) is 3.47. The van der Waals surface area contributed by atoms with Gasteiger partial charge in [-0.25, -0.2) is 4.98 Å². The molecule has 1 aliphatic heterocycles. The summed E-state index contributed by atoms with van der Waals surface area (Å²) in [5, 5.41) is 10.2. The maximum Gasteiger partial charge on any atom is 0.250 e. The summed E-state index contributed by atoms with van der Waals surface area (Å²) in [6, 6.07) is 7.78. The highest BCUT2D eigenvalue weighted by Gasteiger charge is 2.44. The summed E-state index contributed by atoms with van der Waals surface area (Å²) in [5.41, 5.74) is 0.711. The average molecular weight is 566 g/mol. The number of fused-ring (bicyclic) bond motifs is 2. The molecular formula is C30H43N7O4. The van der Waals surface area contributed by atoms with Gasteiger partial charge in [0.15, 0.2) is 0 Å². The van der Waals surface area contributed by atoms with Crippen LogP contribution in [0, 0.1) is 5.92 Å². The van der Waals surface area contributed by atoms with Gasteiger partial charge in [0.2, 0.25) is 23.6 Å². The van der Waals surface area contributed by atoms with E-state index in [4.69, 9.17) is 0 Å². The fourth-order valence-electron chi connectivity index (χ4n) is 5.65. The Labute approximate surface area is 242 Å². The molecular weight excluding hydrogens is 522 g/mol. The SMILES string of the molecule is CC(C)CCN1CC(=O)NC2(CCCc3ccccc32)C(=O)NCCCCN(C(=O)CCCn2cncn2)CC1=O. The number of nitrogens with zero attached hydrogens (tertiary/aromatic N) is 5. The minimum absolute atomic E-state index is 0.0755. The van der Waals surface area contributed by atoms with Crippen LogP contribution in [-0.2, 0) is 37.7 Å². The summed E-state index contributed by atoms with van der Waals surface area (Å²) in [7, 11) is 0. The predicted molar refractivity (Wildman–Crippen MR) is 153 cm³/mol. The van der Waals surface area contributed by atoms with E-state index in [1.54, 1.807) is 15.9 Å². The van der Waals surface area contributed by atoms with Gasteiger partial charge in [-0.15, -0.1) is 0 Å². The fourth-order valence-corrected chi connectivity index (χ4v) is 5.65.